The van der Waals surface area contributed by atoms with Crippen LogP contribution in [0.1, 0.15) is 23.2 Å². The van der Waals surface area contributed by atoms with Crippen LogP contribution in [-0.2, 0) is 17.8 Å². The Labute approximate surface area is 155 Å². The molecule has 0 aliphatic rings. The summed E-state index contributed by atoms with van der Waals surface area (Å²) in [4.78, 5) is 26.9. The Bertz CT molecular complexity index is 999. The van der Waals surface area contributed by atoms with Gasteiger partial charge in [0, 0.05) is 24.9 Å². The van der Waals surface area contributed by atoms with Gasteiger partial charge in [0.25, 0.3) is 5.56 Å². The number of H-pyrrole nitrogens is 1. The molecular weight excluding hydrogens is 347 g/mol. The molecule has 3 rings (SSSR count). The Morgan fingerprint density at radius 2 is 1.93 bits per heavy atom. The monoisotopic (exact) mass is 366 g/mol. The molecule has 0 atom stereocenters. The maximum Gasteiger partial charge on any atom is 0.273 e. The summed E-state index contributed by atoms with van der Waals surface area (Å²) in [6, 6.07) is 13.5. The van der Waals surface area contributed by atoms with Crippen molar-refractivity contribution >= 4 is 5.91 Å². The molecule has 0 saturated carbocycles. The van der Waals surface area contributed by atoms with Crippen LogP contribution in [0.15, 0.2) is 53.3 Å². The summed E-state index contributed by atoms with van der Waals surface area (Å²) in [5.41, 5.74) is 2.49. The second-order valence-corrected chi connectivity index (χ2v) is 6.22. The lowest BCUT2D eigenvalue weighted by Gasteiger charge is -2.06. The maximum absolute atomic E-state index is 12.9. The molecule has 2 aromatic carbocycles. The van der Waals surface area contributed by atoms with Crippen LogP contribution < -0.4 is 10.9 Å². The number of aryl methyl sites for hydroxylation is 2. The van der Waals surface area contributed by atoms with Gasteiger partial charge in [-0.1, -0.05) is 35.9 Å². The summed E-state index contributed by atoms with van der Waals surface area (Å²) in [5, 5.41) is 10.8. The van der Waals surface area contributed by atoms with E-state index in [0.29, 0.717) is 12.4 Å². The summed E-state index contributed by atoms with van der Waals surface area (Å²) in [6.45, 7) is 2.25. The minimum Gasteiger partial charge on any atom is -0.352 e. The fraction of sp³-hybridized carbons (Fsp3) is 0.200. The van der Waals surface area contributed by atoms with Gasteiger partial charge in [0.2, 0.25) is 5.91 Å². The Morgan fingerprint density at radius 3 is 2.63 bits per heavy atom. The minimum absolute atomic E-state index is 0.114. The van der Waals surface area contributed by atoms with E-state index >= 15 is 0 Å². The van der Waals surface area contributed by atoms with E-state index in [-0.39, 0.29) is 35.8 Å². The largest absolute Gasteiger partial charge is 0.352 e. The van der Waals surface area contributed by atoms with Gasteiger partial charge in [0.05, 0.1) is 0 Å². The van der Waals surface area contributed by atoms with Crippen LogP contribution in [0.2, 0.25) is 0 Å². The zero-order valence-electron chi connectivity index (χ0n) is 14.8. The van der Waals surface area contributed by atoms with Gasteiger partial charge in [-0.25, -0.2) is 4.39 Å². The smallest absolute Gasteiger partial charge is 0.273 e. The molecule has 3 aromatic rings. The van der Waals surface area contributed by atoms with Gasteiger partial charge < -0.3 is 10.3 Å². The quantitative estimate of drug-likeness (QED) is 0.702. The molecule has 1 aromatic heterocycles. The molecule has 6 nitrogen and oxygen atoms in total. The number of hydrogen-bond donors (Lipinski definition) is 2. The van der Waals surface area contributed by atoms with Crippen LogP contribution in [-0.4, -0.2) is 21.1 Å². The van der Waals surface area contributed by atoms with E-state index in [1.807, 2.05) is 31.2 Å². The zero-order valence-corrected chi connectivity index (χ0v) is 14.8. The van der Waals surface area contributed by atoms with Gasteiger partial charge in [0.15, 0.2) is 5.82 Å². The molecular formula is C20H19FN4O2. The van der Waals surface area contributed by atoms with Crippen LogP contribution in [0.3, 0.4) is 0 Å². The molecule has 0 radical (unpaired) electrons. The number of rotatable bonds is 6. The predicted molar refractivity (Wildman–Crippen MR) is 99.4 cm³/mol. The van der Waals surface area contributed by atoms with E-state index < -0.39 is 0 Å². The minimum atomic E-state index is -0.354. The third kappa shape index (κ3) is 5.07. The summed E-state index contributed by atoms with van der Waals surface area (Å²) >= 11 is 0. The Kier molecular flexibility index (Phi) is 5.71. The normalized spacial score (nSPS) is 10.6. The molecule has 0 spiro atoms. The number of amides is 1. The lowest BCUT2D eigenvalue weighted by Crippen LogP contribution is -2.25. The molecule has 1 amide bonds. The molecule has 27 heavy (non-hydrogen) atoms. The zero-order chi connectivity index (χ0) is 19.2. The molecule has 0 fully saturated rings. The highest BCUT2D eigenvalue weighted by molar-refractivity contribution is 5.76. The van der Waals surface area contributed by atoms with Crippen molar-refractivity contribution in [3.05, 3.63) is 81.5 Å². The van der Waals surface area contributed by atoms with Crippen molar-refractivity contribution in [1.82, 2.24) is 20.5 Å². The summed E-state index contributed by atoms with van der Waals surface area (Å²) < 4.78 is 12.9. The van der Waals surface area contributed by atoms with Gasteiger partial charge in [-0.15, -0.1) is 10.2 Å². The molecule has 7 heteroatoms. The number of aromatic nitrogens is 3. The molecule has 2 N–H and O–H groups in total. The lowest BCUT2D eigenvalue weighted by molar-refractivity contribution is -0.121. The van der Waals surface area contributed by atoms with Crippen molar-refractivity contribution in [2.45, 2.75) is 26.3 Å². The van der Waals surface area contributed by atoms with E-state index in [4.69, 9.17) is 0 Å². The first kappa shape index (κ1) is 18.4. The third-order valence-corrected chi connectivity index (χ3v) is 4.05. The number of nitrogens with zero attached hydrogens (tertiary/aromatic N) is 2. The van der Waals surface area contributed by atoms with Crippen molar-refractivity contribution in [1.29, 1.82) is 0 Å². The highest BCUT2D eigenvalue weighted by atomic mass is 19.1. The number of halogens is 1. The molecule has 0 bridgehead atoms. The first-order chi connectivity index (χ1) is 13.0. The molecule has 0 unspecified atom stereocenters. The van der Waals surface area contributed by atoms with E-state index in [2.05, 4.69) is 20.5 Å². The molecule has 0 saturated heterocycles. The summed E-state index contributed by atoms with van der Waals surface area (Å²) in [6.07, 6.45) is 0.300. The highest BCUT2D eigenvalue weighted by Gasteiger charge is 2.09. The fourth-order valence-electron chi connectivity index (χ4n) is 2.57. The first-order valence-electron chi connectivity index (χ1n) is 8.55. The van der Waals surface area contributed by atoms with Gasteiger partial charge in [-0.2, -0.15) is 0 Å². The fourth-order valence-corrected chi connectivity index (χ4v) is 2.57. The van der Waals surface area contributed by atoms with Crippen molar-refractivity contribution < 1.29 is 9.18 Å². The van der Waals surface area contributed by atoms with Gasteiger partial charge in [-0.05, 0) is 30.7 Å². The number of aromatic amines is 1. The predicted octanol–water partition coefficient (Wildman–Crippen LogP) is 2.53. The SMILES string of the molecule is Cc1cccc(-c2nnc(CCC(=O)NCc3ccc(F)cc3)c(=O)[nH]2)c1. The molecule has 138 valence electrons. The second kappa shape index (κ2) is 8.35. The standard InChI is InChI=1S/C20H19FN4O2/c1-13-3-2-4-15(11-13)19-23-20(27)17(24-25-19)9-10-18(26)22-12-14-5-7-16(21)8-6-14/h2-8,11H,9-10,12H2,1H3,(H,22,26)(H,23,25,27). The van der Waals surface area contributed by atoms with Crippen molar-refractivity contribution in [3.8, 4) is 11.4 Å². The van der Waals surface area contributed by atoms with Crippen molar-refractivity contribution in [3.63, 3.8) is 0 Å². The lowest BCUT2D eigenvalue weighted by atomic mass is 10.1. The summed E-state index contributed by atoms with van der Waals surface area (Å²) in [7, 11) is 0. The van der Waals surface area contributed by atoms with Crippen molar-refractivity contribution in [2.75, 3.05) is 0 Å². The van der Waals surface area contributed by atoms with E-state index in [1.54, 1.807) is 12.1 Å². The van der Waals surface area contributed by atoms with Gasteiger partial charge in [-0.3, -0.25) is 9.59 Å². The van der Waals surface area contributed by atoms with Crippen LogP contribution in [0.5, 0.6) is 0 Å². The van der Waals surface area contributed by atoms with E-state index in [0.717, 1.165) is 16.7 Å². The van der Waals surface area contributed by atoms with Gasteiger partial charge in [0.1, 0.15) is 11.5 Å². The van der Waals surface area contributed by atoms with Crippen LogP contribution in [0, 0.1) is 12.7 Å². The Balaban J connectivity index is 1.57. The summed E-state index contributed by atoms with van der Waals surface area (Å²) in [5.74, 6) is -0.145. The van der Waals surface area contributed by atoms with Crippen LogP contribution in [0.4, 0.5) is 4.39 Å². The number of benzene rings is 2. The Morgan fingerprint density at radius 1 is 1.15 bits per heavy atom. The van der Waals surface area contributed by atoms with E-state index in [9.17, 15) is 14.0 Å². The molecule has 1 heterocycles. The maximum atomic E-state index is 12.9. The Hall–Kier alpha value is -3.35. The third-order valence-electron chi connectivity index (χ3n) is 4.05. The molecule has 0 aliphatic heterocycles. The number of carbonyl (C=O) groups excluding carboxylic acids is 1. The number of carbonyl (C=O) groups is 1. The average Bonchev–Trinajstić information content (AvgIpc) is 2.66. The molecule has 0 aliphatic carbocycles. The van der Waals surface area contributed by atoms with E-state index in [1.165, 1.54) is 12.1 Å². The van der Waals surface area contributed by atoms with Crippen molar-refractivity contribution in [2.24, 2.45) is 0 Å². The first-order valence-corrected chi connectivity index (χ1v) is 8.55. The van der Waals surface area contributed by atoms with Gasteiger partial charge >= 0.3 is 0 Å². The average molecular weight is 366 g/mol. The number of nitrogens with one attached hydrogen (secondary N) is 2. The highest BCUT2D eigenvalue weighted by Crippen LogP contribution is 2.14. The van der Waals surface area contributed by atoms with Crippen LogP contribution in [0.25, 0.3) is 11.4 Å². The van der Waals surface area contributed by atoms with Crippen LogP contribution >= 0.6 is 0 Å². The topological polar surface area (TPSA) is 87.7 Å². The second-order valence-electron chi connectivity index (χ2n) is 6.22. The number of hydrogen-bond acceptors (Lipinski definition) is 4.